The molecule has 1 unspecified atom stereocenters. The first-order chi connectivity index (χ1) is 7.93. The van der Waals surface area contributed by atoms with E-state index in [1.807, 2.05) is 0 Å². The average molecular weight is 258 g/mol. The molecule has 1 aromatic carbocycles. The van der Waals surface area contributed by atoms with Crippen LogP contribution in [-0.4, -0.2) is 31.9 Å². The second kappa shape index (κ2) is 5.18. The maximum Gasteiger partial charge on any atom is 0.324 e. The van der Waals surface area contributed by atoms with Crippen LogP contribution in [0, 0.1) is 0 Å². The highest BCUT2D eigenvalue weighted by Gasteiger charge is 2.33. The van der Waals surface area contributed by atoms with Crippen LogP contribution >= 0.6 is 0 Å². The van der Waals surface area contributed by atoms with Crippen LogP contribution in [0.5, 0.6) is 5.75 Å². The van der Waals surface area contributed by atoms with Gasteiger partial charge >= 0.3 is 5.97 Å². The maximum absolute atomic E-state index is 12.1. The topological polar surface area (TPSA) is 80.7 Å². The summed E-state index contributed by atoms with van der Waals surface area (Å²) < 4.78 is 28.7. The van der Waals surface area contributed by atoms with Crippen molar-refractivity contribution in [1.29, 1.82) is 0 Å². The van der Waals surface area contributed by atoms with Gasteiger partial charge in [0.05, 0.1) is 12.0 Å². The highest BCUT2D eigenvalue weighted by Crippen LogP contribution is 2.21. The molecule has 5 nitrogen and oxygen atoms in total. The molecule has 17 heavy (non-hydrogen) atoms. The van der Waals surface area contributed by atoms with Gasteiger partial charge in [0.1, 0.15) is 5.75 Å². The molecule has 94 valence electrons. The molecule has 0 amide bonds. The summed E-state index contributed by atoms with van der Waals surface area (Å²) in [7, 11) is -2.61. The number of methoxy groups -OCH3 is 1. The molecule has 1 atom stereocenters. The van der Waals surface area contributed by atoms with Crippen molar-refractivity contribution in [2.75, 3.05) is 7.11 Å². The largest absolute Gasteiger partial charge is 0.508 e. The lowest BCUT2D eigenvalue weighted by Crippen LogP contribution is -2.30. The number of rotatable bonds is 4. The summed E-state index contributed by atoms with van der Waals surface area (Å²) in [6.45, 7) is 1.60. The normalized spacial score (nSPS) is 13.1. The summed E-state index contributed by atoms with van der Waals surface area (Å²) in [6.07, 6.45) is 0.135. The number of esters is 1. The third-order valence-electron chi connectivity index (χ3n) is 2.37. The van der Waals surface area contributed by atoms with E-state index in [1.54, 1.807) is 6.92 Å². The van der Waals surface area contributed by atoms with E-state index in [9.17, 15) is 13.2 Å². The Balaban J connectivity index is 3.17. The zero-order valence-corrected chi connectivity index (χ0v) is 10.4. The first-order valence-corrected chi connectivity index (χ1v) is 6.58. The molecule has 0 saturated heterocycles. The highest BCUT2D eigenvalue weighted by atomic mass is 32.2. The fraction of sp³-hybridized carbons (Fsp3) is 0.364. The SMILES string of the molecule is CCC(C(=O)OC)S(=O)(=O)c1ccc(O)cc1. The van der Waals surface area contributed by atoms with E-state index in [1.165, 1.54) is 24.3 Å². The molecule has 0 aliphatic heterocycles. The second-order valence-corrected chi connectivity index (χ2v) is 5.59. The lowest BCUT2D eigenvalue weighted by molar-refractivity contribution is -0.140. The molecule has 0 heterocycles. The summed E-state index contributed by atoms with van der Waals surface area (Å²) in [5.74, 6) is -0.810. The van der Waals surface area contributed by atoms with Crippen molar-refractivity contribution in [3.8, 4) is 5.75 Å². The highest BCUT2D eigenvalue weighted by molar-refractivity contribution is 7.92. The molecule has 0 aromatic heterocycles. The molecule has 0 fully saturated rings. The number of carbonyl (C=O) groups excluding carboxylic acids is 1. The number of aromatic hydroxyl groups is 1. The van der Waals surface area contributed by atoms with Gasteiger partial charge in [0, 0.05) is 0 Å². The van der Waals surface area contributed by atoms with Crippen LogP contribution in [0.25, 0.3) is 0 Å². The van der Waals surface area contributed by atoms with Gasteiger partial charge < -0.3 is 9.84 Å². The average Bonchev–Trinajstić information content (AvgIpc) is 2.29. The van der Waals surface area contributed by atoms with E-state index < -0.39 is 21.1 Å². The van der Waals surface area contributed by atoms with Crippen molar-refractivity contribution in [3.63, 3.8) is 0 Å². The third-order valence-corrected chi connectivity index (χ3v) is 4.58. The quantitative estimate of drug-likeness (QED) is 0.818. The van der Waals surface area contributed by atoms with E-state index in [4.69, 9.17) is 5.11 Å². The van der Waals surface area contributed by atoms with E-state index in [2.05, 4.69) is 4.74 Å². The molecule has 0 aliphatic carbocycles. The lowest BCUT2D eigenvalue weighted by Gasteiger charge is -2.13. The van der Waals surface area contributed by atoms with Crippen LogP contribution in [-0.2, 0) is 19.4 Å². The van der Waals surface area contributed by atoms with Gasteiger partial charge in [-0.3, -0.25) is 4.79 Å². The van der Waals surface area contributed by atoms with Crippen LogP contribution in [0.15, 0.2) is 29.2 Å². The number of carbonyl (C=O) groups is 1. The van der Waals surface area contributed by atoms with Crippen LogP contribution in [0.4, 0.5) is 0 Å². The summed E-state index contributed by atoms with van der Waals surface area (Å²) in [5, 5.41) is 7.88. The van der Waals surface area contributed by atoms with E-state index in [0.29, 0.717) is 0 Å². The summed E-state index contributed by atoms with van der Waals surface area (Å²) in [6, 6.07) is 5.04. The maximum atomic E-state index is 12.1. The number of phenolic OH excluding ortho intramolecular Hbond substituents is 1. The lowest BCUT2D eigenvalue weighted by atomic mass is 10.3. The molecule has 0 aliphatic rings. The minimum absolute atomic E-state index is 0.00690. The van der Waals surface area contributed by atoms with Crippen LogP contribution in [0.2, 0.25) is 0 Å². The molecule has 0 radical (unpaired) electrons. The smallest absolute Gasteiger partial charge is 0.324 e. The summed E-state index contributed by atoms with van der Waals surface area (Å²) in [5.41, 5.74) is 0. The second-order valence-electron chi connectivity index (χ2n) is 3.46. The molecule has 0 spiro atoms. The van der Waals surface area contributed by atoms with E-state index in [-0.39, 0.29) is 17.1 Å². The van der Waals surface area contributed by atoms with Crippen molar-refractivity contribution in [2.24, 2.45) is 0 Å². The first-order valence-electron chi connectivity index (χ1n) is 5.04. The first kappa shape index (κ1) is 13.5. The summed E-state index contributed by atoms with van der Waals surface area (Å²) in [4.78, 5) is 11.4. The number of phenols is 1. The number of hydrogen-bond acceptors (Lipinski definition) is 5. The molecule has 1 N–H and O–H groups in total. The minimum Gasteiger partial charge on any atom is -0.508 e. The number of benzene rings is 1. The van der Waals surface area contributed by atoms with Crippen LogP contribution < -0.4 is 0 Å². The number of hydrogen-bond donors (Lipinski definition) is 1. The predicted molar refractivity (Wildman–Crippen MR) is 61.4 cm³/mol. The van der Waals surface area contributed by atoms with E-state index in [0.717, 1.165) is 7.11 Å². The van der Waals surface area contributed by atoms with Gasteiger partial charge in [-0.25, -0.2) is 8.42 Å². The van der Waals surface area contributed by atoms with Gasteiger partial charge in [-0.2, -0.15) is 0 Å². The zero-order chi connectivity index (χ0) is 13.1. The van der Waals surface area contributed by atoms with Gasteiger partial charge in [-0.15, -0.1) is 0 Å². The Bertz CT molecular complexity index is 489. The Hall–Kier alpha value is -1.56. The fourth-order valence-electron chi connectivity index (χ4n) is 1.44. The molecule has 6 heteroatoms. The van der Waals surface area contributed by atoms with Gasteiger partial charge in [0.15, 0.2) is 15.1 Å². The molecule has 0 saturated carbocycles. The van der Waals surface area contributed by atoms with Gasteiger partial charge in [0.2, 0.25) is 0 Å². The van der Waals surface area contributed by atoms with Crippen molar-refractivity contribution < 1.29 is 23.1 Å². The fourth-order valence-corrected chi connectivity index (χ4v) is 3.08. The number of sulfone groups is 1. The van der Waals surface area contributed by atoms with Crippen molar-refractivity contribution in [1.82, 2.24) is 0 Å². The Labute approximate surface area is 100.0 Å². The van der Waals surface area contributed by atoms with Crippen molar-refractivity contribution in [3.05, 3.63) is 24.3 Å². The Morgan fingerprint density at radius 3 is 2.29 bits per heavy atom. The minimum atomic E-state index is -3.76. The molecule has 0 bridgehead atoms. The van der Waals surface area contributed by atoms with Gasteiger partial charge in [-0.1, -0.05) is 6.92 Å². The van der Waals surface area contributed by atoms with Crippen LogP contribution in [0.3, 0.4) is 0 Å². The number of ether oxygens (including phenoxy) is 1. The van der Waals surface area contributed by atoms with Gasteiger partial charge in [0.25, 0.3) is 0 Å². The standard InChI is InChI=1S/C11H14O5S/c1-3-10(11(13)16-2)17(14,15)9-6-4-8(12)5-7-9/h4-7,10,12H,3H2,1-2H3. The zero-order valence-electron chi connectivity index (χ0n) is 9.58. The molecule has 1 aromatic rings. The Morgan fingerprint density at radius 2 is 1.88 bits per heavy atom. The summed E-state index contributed by atoms with van der Waals surface area (Å²) >= 11 is 0. The third kappa shape index (κ3) is 2.76. The van der Waals surface area contributed by atoms with Crippen molar-refractivity contribution >= 4 is 15.8 Å². The van der Waals surface area contributed by atoms with Gasteiger partial charge in [-0.05, 0) is 30.7 Å². The van der Waals surface area contributed by atoms with Crippen LogP contribution in [0.1, 0.15) is 13.3 Å². The van der Waals surface area contributed by atoms with E-state index >= 15 is 0 Å². The Kier molecular flexibility index (Phi) is 4.11. The molecular weight excluding hydrogens is 244 g/mol. The monoisotopic (exact) mass is 258 g/mol. The molecular formula is C11H14O5S. The van der Waals surface area contributed by atoms with Crippen molar-refractivity contribution in [2.45, 2.75) is 23.5 Å². The molecule has 1 rings (SSSR count). The predicted octanol–water partition coefficient (Wildman–Crippen LogP) is 1.12. The Morgan fingerprint density at radius 1 is 1.35 bits per heavy atom.